The van der Waals surface area contributed by atoms with Crippen molar-refractivity contribution >= 4 is 11.9 Å². The molecule has 2 aromatic rings. The van der Waals surface area contributed by atoms with Crippen LogP contribution in [0.15, 0.2) is 42.5 Å². The van der Waals surface area contributed by atoms with E-state index in [-0.39, 0.29) is 5.78 Å². The minimum atomic E-state index is -0.0562. The number of ketones is 1. The second-order valence-corrected chi connectivity index (χ2v) is 6.02. The summed E-state index contributed by atoms with van der Waals surface area (Å²) >= 11 is 0. The fourth-order valence-electron chi connectivity index (χ4n) is 2.75. The van der Waals surface area contributed by atoms with Crippen molar-refractivity contribution in [1.29, 1.82) is 0 Å². The van der Waals surface area contributed by atoms with E-state index in [9.17, 15) is 4.79 Å². The Labute approximate surface area is 154 Å². The van der Waals surface area contributed by atoms with Crippen LogP contribution in [0.5, 0.6) is 17.2 Å². The highest BCUT2D eigenvalue weighted by molar-refractivity contribution is 6.08. The van der Waals surface area contributed by atoms with Gasteiger partial charge in [0.2, 0.25) is 5.75 Å². The number of ether oxygens (including phenoxy) is 3. The molecule has 0 radical (unpaired) electrons. The summed E-state index contributed by atoms with van der Waals surface area (Å²) in [7, 11) is 8.63. The fraction of sp³-hybridized carbons (Fsp3) is 0.286. The van der Waals surface area contributed by atoms with Gasteiger partial charge in [0.1, 0.15) is 0 Å². The van der Waals surface area contributed by atoms with E-state index in [2.05, 4.69) is 0 Å². The second kappa shape index (κ2) is 9.06. The predicted molar refractivity (Wildman–Crippen MR) is 103 cm³/mol. The van der Waals surface area contributed by atoms with Gasteiger partial charge in [-0.25, -0.2) is 0 Å². The molecule has 0 saturated carbocycles. The van der Waals surface area contributed by atoms with E-state index in [1.54, 1.807) is 39.5 Å². The molecule has 2 rings (SSSR count). The van der Waals surface area contributed by atoms with Gasteiger partial charge in [-0.3, -0.25) is 4.79 Å². The van der Waals surface area contributed by atoms with Crippen LogP contribution in [0.1, 0.15) is 21.5 Å². The molecule has 5 heteroatoms. The van der Waals surface area contributed by atoms with Gasteiger partial charge in [0.25, 0.3) is 0 Å². The molecule has 0 spiro atoms. The lowest BCUT2D eigenvalue weighted by molar-refractivity contribution is 0.104. The van der Waals surface area contributed by atoms with Crippen molar-refractivity contribution in [3.05, 3.63) is 59.2 Å². The summed E-state index contributed by atoms with van der Waals surface area (Å²) in [5, 5.41) is 0. The molecule has 0 unspecified atom stereocenters. The summed E-state index contributed by atoms with van der Waals surface area (Å²) < 4.78 is 16.1. The smallest absolute Gasteiger partial charge is 0.203 e. The molecule has 0 aliphatic heterocycles. The molecule has 26 heavy (non-hydrogen) atoms. The highest BCUT2D eigenvalue weighted by Gasteiger charge is 2.15. The quantitative estimate of drug-likeness (QED) is 0.534. The maximum absolute atomic E-state index is 12.7. The summed E-state index contributed by atoms with van der Waals surface area (Å²) in [5.74, 6) is 1.54. The van der Waals surface area contributed by atoms with Gasteiger partial charge in [-0.05, 0) is 43.9 Å². The summed E-state index contributed by atoms with van der Waals surface area (Å²) in [6.07, 6.45) is 3.29. The van der Waals surface area contributed by atoms with Crippen LogP contribution >= 0.6 is 0 Å². The minimum absolute atomic E-state index is 0.0562. The number of carbonyl (C=O) groups excluding carboxylic acids is 1. The van der Waals surface area contributed by atoms with Gasteiger partial charge in [-0.1, -0.05) is 24.3 Å². The van der Waals surface area contributed by atoms with Crippen molar-refractivity contribution in [3.8, 4) is 17.2 Å². The zero-order valence-corrected chi connectivity index (χ0v) is 15.9. The first-order chi connectivity index (χ1) is 12.5. The maximum Gasteiger partial charge on any atom is 0.203 e. The van der Waals surface area contributed by atoms with Gasteiger partial charge < -0.3 is 19.1 Å². The number of carbonyl (C=O) groups is 1. The number of allylic oxidation sites excluding steroid dienone is 1. The molecular formula is C21H25NO4. The summed E-state index contributed by atoms with van der Waals surface area (Å²) in [6, 6.07) is 11.2. The maximum atomic E-state index is 12.7. The lowest BCUT2D eigenvalue weighted by Gasteiger charge is -2.14. The van der Waals surface area contributed by atoms with Gasteiger partial charge in [-0.2, -0.15) is 0 Å². The zero-order chi connectivity index (χ0) is 19.1. The molecule has 0 aromatic heterocycles. The zero-order valence-electron chi connectivity index (χ0n) is 15.9. The van der Waals surface area contributed by atoms with Crippen LogP contribution in [0.2, 0.25) is 0 Å². The number of methoxy groups -OCH3 is 3. The Kier molecular flexibility index (Phi) is 6.81. The molecule has 0 heterocycles. The monoisotopic (exact) mass is 355 g/mol. The molecule has 0 bridgehead atoms. The lowest BCUT2D eigenvalue weighted by Crippen LogP contribution is -2.13. The van der Waals surface area contributed by atoms with Gasteiger partial charge in [0.15, 0.2) is 17.3 Å². The number of hydrogen-bond acceptors (Lipinski definition) is 5. The van der Waals surface area contributed by atoms with Gasteiger partial charge in [-0.15, -0.1) is 0 Å². The van der Waals surface area contributed by atoms with Crippen molar-refractivity contribution in [1.82, 2.24) is 4.90 Å². The van der Waals surface area contributed by atoms with Gasteiger partial charge in [0, 0.05) is 17.7 Å². The van der Waals surface area contributed by atoms with Crippen LogP contribution in [0, 0.1) is 0 Å². The molecular weight excluding hydrogens is 330 g/mol. The number of benzene rings is 2. The van der Waals surface area contributed by atoms with Crippen LogP contribution in [-0.4, -0.2) is 46.1 Å². The highest BCUT2D eigenvalue weighted by Crippen LogP contribution is 2.40. The van der Waals surface area contributed by atoms with Gasteiger partial charge in [0.05, 0.1) is 21.3 Å². The van der Waals surface area contributed by atoms with Gasteiger partial charge >= 0.3 is 0 Å². The molecule has 0 amide bonds. The molecule has 0 atom stereocenters. The van der Waals surface area contributed by atoms with Crippen LogP contribution in [-0.2, 0) is 6.54 Å². The number of rotatable bonds is 8. The van der Waals surface area contributed by atoms with E-state index >= 15 is 0 Å². The molecule has 138 valence electrons. The Balaban J connectivity index is 2.35. The molecule has 2 aromatic carbocycles. The van der Waals surface area contributed by atoms with Crippen LogP contribution in [0.25, 0.3) is 6.08 Å². The van der Waals surface area contributed by atoms with Crippen LogP contribution < -0.4 is 14.2 Å². The molecule has 0 aliphatic rings. The second-order valence-electron chi connectivity index (χ2n) is 6.02. The molecule has 0 aliphatic carbocycles. The van der Waals surface area contributed by atoms with Crippen molar-refractivity contribution < 1.29 is 19.0 Å². The first kappa shape index (κ1) is 19.5. The minimum Gasteiger partial charge on any atom is -0.493 e. The van der Waals surface area contributed by atoms with Crippen LogP contribution in [0.3, 0.4) is 0 Å². The third kappa shape index (κ3) is 4.43. The largest absolute Gasteiger partial charge is 0.493 e. The predicted octanol–water partition coefficient (Wildman–Crippen LogP) is 3.67. The standard InChI is InChI=1S/C21H25NO4/c1-22(2)14-16-8-6-7-9-17(16)18(23)12-10-15-11-13-19(24-3)21(26-5)20(15)25-4/h6-13H,14H2,1-5H3. The molecule has 0 fully saturated rings. The topological polar surface area (TPSA) is 48.0 Å². The molecule has 0 saturated heterocycles. The first-order valence-corrected chi connectivity index (χ1v) is 8.25. The number of hydrogen-bond donors (Lipinski definition) is 0. The van der Waals surface area contributed by atoms with E-state index < -0.39 is 0 Å². The summed E-state index contributed by atoms with van der Waals surface area (Å²) in [5.41, 5.74) is 2.42. The SMILES string of the molecule is COc1ccc(C=CC(=O)c2ccccc2CN(C)C)c(OC)c1OC. The van der Waals surface area contributed by atoms with E-state index in [4.69, 9.17) is 14.2 Å². The Morgan fingerprint density at radius 1 is 0.962 bits per heavy atom. The first-order valence-electron chi connectivity index (χ1n) is 8.25. The molecule has 5 nitrogen and oxygen atoms in total. The van der Waals surface area contributed by atoms with Crippen LogP contribution in [0.4, 0.5) is 0 Å². The lowest BCUT2D eigenvalue weighted by atomic mass is 10.0. The van der Waals surface area contributed by atoms with E-state index in [0.29, 0.717) is 29.4 Å². The van der Waals surface area contributed by atoms with E-state index in [1.807, 2.05) is 49.3 Å². The average molecular weight is 355 g/mol. The normalized spacial score (nSPS) is 11.0. The fourth-order valence-corrected chi connectivity index (χ4v) is 2.75. The van der Waals surface area contributed by atoms with E-state index in [0.717, 1.165) is 11.1 Å². The third-order valence-electron chi connectivity index (χ3n) is 3.92. The van der Waals surface area contributed by atoms with Crippen molar-refractivity contribution in [2.45, 2.75) is 6.54 Å². The Hall–Kier alpha value is -2.79. The van der Waals surface area contributed by atoms with Crippen molar-refractivity contribution in [2.24, 2.45) is 0 Å². The van der Waals surface area contributed by atoms with Crippen molar-refractivity contribution in [3.63, 3.8) is 0 Å². The third-order valence-corrected chi connectivity index (χ3v) is 3.92. The highest BCUT2D eigenvalue weighted by atomic mass is 16.5. The Morgan fingerprint density at radius 3 is 2.27 bits per heavy atom. The van der Waals surface area contributed by atoms with E-state index in [1.165, 1.54) is 0 Å². The Morgan fingerprint density at radius 2 is 1.65 bits per heavy atom. The Bertz CT molecular complexity index is 797. The number of nitrogens with zero attached hydrogens (tertiary/aromatic N) is 1. The summed E-state index contributed by atoms with van der Waals surface area (Å²) in [4.78, 5) is 14.7. The average Bonchev–Trinajstić information content (AvgIpc) is 2.64. The summed E-state index contributed by atoms with van der Waals surface area (Å²) in [6.45, 7) is 0.704. The van der Waals surface area contributed by atoms with Crippen molar-refractivity contribution in [2.75, 3.05) is 35.4 Å². The molecule has 0 N–H and O–H groups in total.